The van der Waals surface area contributed by atoms with Gasteiger partial charge >= 0.3 is 0 Å². The van der Waals surface area contributed by atoms with Crippen LogP contribution in [0.4, 0.5) is 5.82 Å². The molecule has 2 N–H and O–H groups in total. The van der Waals surface area contributed by atoms with Crippen molar-refractivity contribution in [3.63, 3.8) is 0 Å². The Morgan fingerprint density at radius 1 is 1.29 bits per heavy atom. The summed E-state index contributed by atoms with van der Waals surface area (Å²) in [5.74, 6) is 0.860. The number of nitrogens with zero attached hydrogens (tertiary/aromatic N) is 1. The summed E-state index contributed by atoms with van der Waals surface area (Å²) in [7, 11) is 0. The maximum atomic E-state index is 9.74. The molecule has 0 saturated heterocycles. The predicted octanol–water partition coefficient (Wildman–Crippen LogP) is 1.80. The number of aliphatic hydroxyl groups excluding tert-OH is 1. The van der Waals surface area contributed by atoms with Crippen LogP contribution in [0.15, 0.2) is 24.4 Å². The maximum Gasteiger partial charge on any atom is 0.126 e. The summed E-state index contributed by atoms with van der Waals surface area (Å²) in [6.45, 7) is 0. The van der Waals surface area contributed by atoms with Crippen molar-refractivity contribution in [1.82, 2.24) is 4.98 Å². The normalized spacial score (nSPS) is 27.2. The van der Waals surface area contributed by atoms with Crippen LogP contribution in [0, 0.1) is 0 Å². The first-order chi connectivity index (χ1) is 6.86. The third-order valence-electron chi connectivity index (χ3n) is 2.73. The topological polar surface area (TPSA) is 45.1 Å². The Labute approximate surface area is 84.2 Å². The zero-order valence-corrected chi connectivity index (χ0v) is 8.19. The summed E-state index contributed by atoms with van der Waals surface area (Å²) in [6, 6.07) is 5.95. The molecule has 2 rings (SSSR count). The molecule has 1 aromatic rings. The molecule has 3 heteroatoms. The fourth-order valence-corrected chi connectivity index (χ4v) is 1.92. The Balaban J connectivity index is 1.96. The average Bonchev–Trinajstić information content (AvgIpc) is 2.23. The minimum absolute atomic E-state index is 0.179. The van der Waals surface area contributed by atoms with E-state index in [1.54, 1.807) is 6.20 Å². The van der Waals surface area contributed by atoms with E-state index in [1.807, 2.05) is 18.2 Å². The number of aliphatic hydroxyl groups is 1. The highest BCUT2D eigenvalue weighted by Gasteiger charge is 2.22. The van der Waals surface area contributed by atoms with Crippen molar-refractivity contribution >= 4 is 5.82 Å². The lowest BCUT2D eigenvalue weighted by Gasteiger charge is -2.28. The number of hydrogen-bond acceptors (Lipinski definition) is 3. The summed E-state index contributed by atoms with van der Waals surface area (Å²) < 4.78 is 0. The summed E-state index contributed by atoms with van der Waals surface area (Å²) in [5.41, 5.74) is 0. The second-order valence-electron chi connectivity index (χ2n) is 3.82. The van der Waals surface area contributed by atoms with E-state index < -0.39 is 0 Å². The van der Waals surface area contributed by atoms with E-state index >= 15 is 0 Å². The SMILES string of the molecule is O[C@H]1CCCC[C@H]1Nc1ccccn1. The first kappa shape index (κ1) is 9.46. The lowest BCUT2D eigenvalue weighted by atomic mass is 9.93. The van der Waals surface area contributed by atoms with Gasteiger partial charge in [-0.3, -0.25) is 0 Å². The Bertz CT molecular complexity index is 276. The second kappa shape index (κ2) is 4.42. The summed E-state index contributed by atoms with van der Waals surface area (Å²) in [6.07, 6.45) is 5.83. The molecule has 0 spiro atoms. The molecule has 76 valence electrons. The highest BCUT2D eigenvalue weighted by molar-refractivity contribution is 5.34. The van der Waals surface area contributed by atoms with E-state index in [4.69, 9.17) is 0 Å². The third-order valence-corrected chi connectivity index (χ3v) is 2.73. The van der Waals surface area contributed by atoms with E-state index in [9.17, 15) is 5.11 Å². The van der Waals surface area contributed by atoms with Crippen molar-refractivity contribution in [2.45, 2.75) is 37.8 Å². The van der Waals surface area contributed by atoms with Gasteiger partial charge in [0.2, 0.25) is 0 Å². The Morgan fingerprint density at radius 3 is 2.86 bits per heavy atom. The number of pyridine rings is 1. The van der Waals surface area contributed by atoms with Crippen LogP contribution in [0.2, 0.25) is 0 Å². The van der Waals surface area contributed by atoms with Gasteiger partial charge in [0.1, 0.15) is 5.82 Å². The van der Waals surface area contributed by atoms with Gasteiger partial charge in [-0.2, -0.15) is 0 Å². The number of aromatic nitrogens is 1. The largest absolute Gasteiger partial charge is 0.391 e. The lowest BCUT2D eigenvalue weighted by molar-refractivity contribution is 0.116. The maximum absolute atomic E-state index is 9.74. The van der Waals surface area contributed by atoms with Crippen LogP contribution in [-0.2, 0) is 0 Å². The van der Waals surface area contributed by atoms with Crippen LogP contribution in [0.25, 0.3) is 0 Å². The first-order valence-electron chi connectivity index (χ1n) is 5.22. The van der Waals surface area contributed by atoms with Gasteiger partial charge in [-0.1, -0.05) is 18.9 Å². The Kier molecular flexibility index (Phi) is 2.99. The fourth-order valence-electron chi connectivity index (χ4n) is 1.92. The summed E-state index contributed by atoms with van der Waals surface area (Å²) in [4.78, 5) is 4.19. The van der Waals surface area contributed by atoms with Crippen molar-refractivity contribution in [3.05, 3.63) is 24.4 Å². The molecular weight excluding hydrogens is 176 g/mol. The van der Waals surface area contributed by atoms with E-state index in [2.05, 4.69) is 10.3 Å². The molecule has 3 nitrogen and oxygen atoms in total. The number of nitrogens with one attached hydrogen (secondary N) is 1. The van der Waals surface area contributed by atoms with Crippen molar-refractivity contribution in [2.24, 2.45) is 0 Å². The molecule has 0 radical (unpaired) electrons. The average molecular weight is 192 g/mol. The molecule has 0 aromatic carbocycles. The van der Waals surface area contributed by atoms with E-state index in [0.29, 0.717) is 0 Å². The third kappa shape index (κ3) is 2.23. The summed E-state index contributed by atoms with van der Waals surface area (Å²) >= 11 is 0. The van der Waals surface area contributed by atoms with Gasteiger partial charge in [-0.15, -0.1) is 0 Å². The molecule has 1 saturated carbocycles. The van der Waals surface area contributed by atoms with Gasteiger partial charge < -0.3 is 10.4 Å². The van der Waals surface area contributed by atoms with Crippen LogP contribution in [0.3, 0.4) is 0 Å². The molecule has 1 heterocycles. The molecule has 1 aliphatic carbocycles. The molecular formula is C11H16N2O. The molecule has 0 unspecified atom stereocenters. The summed E-state index contributed by atoms with van der Waals surface area (Å²) in [5, 5.41) is 13.0. The van der Waals surface area contributed by atoms with Gasteiger partial charge in [0.25, 0.3) is 0 Å². The van der Waals surface area contributed by atoms with Gasteiger partial charge in [0.15, 0.2) is 0 Å². The molecule has 14 heavy (non-hydrogen) atoms. The number of anilines is 1. The molecule has 0 amide bonds. The molecule has 1 aromatic heterocycles. The van der Waals surface area contributed by atoms with Gasteiger partial charge in [-0.25, -0.2) is 4.98 Å². The zero-order chi connectivity index (χ0) is 9.80. The minimum atomic E-state index is -0.217. The minimum Gasteiger partial charge on any atom is -0.391 e. The van der Waals surface area contributed by atoms with Crippen molar-refractivity contribution in [1.29, 1.82) is 0 Å². The fraction of sp³-hybridized carbons (Fsp3) is 0.545. The van der Waals surface area contributed by atoms with Crippen LogP contribution in [0.5, 0.6) is 0 Å². The highest BCUT2D eigenvalue weighted by atomic mass is 16.3. The first-order valence-corrected chi connectivity index (χ1v) is 5.22. The second-order valence-corrected chi connectivity index (χ2v) is 3.82. The zero-order valence-electron chi connectivity index (χ0n) is 8.19. The van der Waals surface area contributed by atoms with E-state index in [-0.39, 0.29) is 12.1 Å². The number of rotatable bonds is 2. The van der Waals surface area contributed by atoms with Gasteiger partial charge in [0, 0.05) is 6.20 Å². The Morgan fingerprint density at radius 2 is 2.14 bits per heavy atom. The van der Waals surface area contributed by atoms with Crippen molar-refractivity contribution < 1.29 is 5.11 Å². The highest BCUT2D eigenvalue weighted by Crippen LogP contribution is 2.21. The molecule has 1 fully saturated rings. The van der Waals surface area contributed by atoms with E-state index in [0.717, 1.165) is 25.1 Å². The molecule has 1 aliphatic rings. The van der Waals surface area contributed by atoms with Crippen molar-refractivity contribution in [3.8, 4) is 0 Å². The van der Waals surface area contributed by atoms with Crippen LogP contribution < -0.4 is 5.32 Å². The molecule has 2 atom stereocenters. The van der Waals surface area contributed by atoms with Gasteiger partial charge in [0.05, 0.1) is 12.1 Å². The predicted molar refractivity (Wildman–Crippen MR) is 56.1 cm³/mol. The monoisotopic (exact) mass is 192 g/mol. The lowest BCUT2D eigenvalue weighted by Crippen LogP contribution is -2.36. The molecule has 0 aliphatic heterocycles. The van der Waals surface area contributed by atoms with Gasteiger partial charge in [-0.05, 0) is 25.0 Å². The van der Waals surface area contributed by atoms with Crippen LogP contribution >= 0.6 is 0 Å². The number of hydrogen-bond donors (Lipinski definition) is 2. The molecule has 0 bridgehead atoms. The quantitative estimate of drug-likeness (QED) is 0.751. The smallest absolute Gasteiger partial charge is 0.126 e. The van der Waals surface area contributed by atoms with E-state index in [1.165, 1.54) is 6.42 Å². The van der Waals surface area contributed by atoms with Crippen LogP contribution in [-0.4, -0.2) is 22.2 Å². The van der Waals surface area contributed by atoms with Crippen LogP contribution in [0.1, 0.15) is 25.7 Å². The standard InChI is InChI=1S/C11H16N2O/c14-10-6-2-1-5-9(10)13-11-7-3-4-8-12-11/h3-4,7-10,14H,1-2,5-6H2,(H,12,13)/t9-,10+/m1/s1. The Hall–Kier alpha value is -1.09. The van der Waals surface area contributed by atoms with Crippen molar-refractivity contribution in [2.75, 3.05) is 5.32 Å².